The van der Waals surface area contributed by atoms with E-state index < -0.39 is 16.9 Å². The first kappa shape index (κ1) is 21.4. The number of halogens is 1. The molecule has 0 unspecified atom stereocenters. The van der Waals surface area contributed by atoms with Crippen molar-refractivity contribution in [3.63, 3.8) is 0 Å². The minimum absolute atomic E-state index is 0.122. The summed E-state index contributed by atoms with van der Waals surface area (Å²) in [4.78, 5) is 37.5. The first-order valence-electron chi connectivity index (χ1n) is 8.88. The number of hydrogen-bond donors (Lipinski definition) is 1. The van der Waals surface area contributed by atoms with Crippen LogP contribution in [-0.4, -0.2) is 34.2 Å². The average Bonchev–Trinajstić information content (AvgIpc) is 2.67. The van der Waals surface area contributed by atoms with Crippen LogP contribution in [0.1, 0.15) is 25.0 Å². The number of para-hydroxylation sites is 1. The van der Waals surface area contributed by atoms with Crippen LogP contribution in [0.15, 0.2) is 48.5 Å². The molecule has 0 saturated heterocycles. The number of nitrogens with zero attached hydrogens (tertiary/aromatic N) is 2. The lowest BCUT2D eigenvalue weighted by atomic mass is 10.1. The summed E-state index contributed by atoms with van der Waals surface area (Å²) >= 11 is 6.22. The van der Waals surface area contributed by atoms with Gasteiger partial charge in [-0.1, -0.05) is 48.0 Å². The number of rotatable bonds is 8. The highest BCUT2D eigenvalue weighted by Gasteiger charge is 2.28. The van der Waals surface area contributed by atoms with Crippen LogP contribution in [0.2, 0.25) is 5.02 Å². The zero-order valence-electron chi connectivity index (χ0n) is 15.7. The summed E-state index contributed by atoms with van der Waals surface area (Å²) in [6, 6.07) is 12.4. The Bertz CT molecular complexity index is 872. The second kappa shape index (κ2) is 9.85. The quantitative estimate of drug-likeness (QED) is 0.540. The van der Waals surface area contributed by atoms with Crippen molar-refractivity contribution < 1.29 is 14.5 Å². The fraction of sp³-hybridized carbons (Fsp3) is 0.300. The lowest BCUT2D eigenvalue weighted by Gasteiger charge is -2.29. The molecule has 0 aliphatic rings. The maximum Gasteiger partial charge on any atom is 0.273 e. The van der Waals surface area contributed by atoms with Crippen molar-refractivity contribution in [2.24, 2.45) is 0 Å². The van der Waals surface area contributed by atoms with Crippen LogP contribution < -0.4 is 5.32 Å². The van der Waals surface area contributed by atoms with Crippen molar-refractivity contribution in [3.05, 3.63) is 74.8 Å². The number of carbonyl (C=O) groups is 2. The van der Waals surface area contributed by atoms with Gasteiger partial charge in [-0.15, -0.1) is 0 Å². The first-order chi connectivity index (χ1) is 13.3. The fourth-order valence-corrected chi connectivity index (χ4v) is 3.01. The van der Waals surface area contributed by atoms with Crippen molar-refractivity contribution in [2.45, 2.75) is 32.9 Å². The maximum absolute atomic E-state index is 13.0. The Kier molecular flexibility index (Phi) is 7.52. The molecule has 1 N–H and O–H groups in total. The SMILES string of the molecule is CCNC(=O)[C@@H](C)N(Cc1ccccc1Cl)C(=O)Cc1ccccc1[N+](=O)[O-]. The largest absolute Gasteiger partial charge is 0.355 e. The predicted molar refractivity (Wildman–Crippen MR) is 107 cm³/mol. The number of nitro groups is 1. The summed E-state index contributed by atoms with van der Waals surface area (Å²) < 4.78 is 0. The number of amides is 2. The molecule has 28 heavy (non-hydrogen) atoms. The molecule has 0 radical (unpaired) electrons. The van der Waals surface area contributed by atoms with Crippen LogP contribution in [0.4, 0.5) is 5.69 Å². The van der Waals surface area contributed by atoms with E-state index in [-0.39, 0.29) is 24.6 Å². The lowest BCUT2D eigenvalue weighted by Crippen LogP contribution is -2.48. The number of benzene rings is 2. The first-order valence-corrected chi connectivity index (χ1v) is 9.25. The second-order valence-corrected chi connectivity index (χ2v) is 6.65. The van der Waals surface area contributed by atoms with Gasteiger partial charge in [-0.25, -0.2) is 0 Å². The highest BCUT2D eigenvalue weighted by molar-refractivity contribution is 6.31. The summed E-state index contributed by atoms with van der Waals surface area (Å²) in [7, 11) is 0. The monoisotopic (exact) mass is 403 g/mol. The van der Waals surface area contributed by atoms with Gasteiger partial charge in [0.2, 0.25) is 11.8 Å². The molecular formula is C20H22ClN3O4. The van der Waals surface area contributed by atoms with Crippen molar-refractivity contribution >= 4 is 29.1 Å². The van der Waals surface area contributed by atoms with Crippen LogP contribution in [0.5, 0.6) is 0 Å². The molecule has 0 fully saturated rings. The summed E-state index contributed by atoms with van der Waals surface area (Å²) in [5.41, 5.74) is 0.861. The third kappa shape index (κ3) is 5.29. The summed E-state index contributed by atoms with van der Waals surface area (Å²) in [6.07, 6.45) is -0.189. The van der Waals surface area contributed by atoms with E-state index in [9.17, 15) is 19.7 Å². The van der Waals surface area contributed by atoms with E-state index in [4.69, 9.17) is 11.6 Å². The molecule has 0 spiro atoms. The molecule has 148 valence electrons. The van der Waals surface area contributed by atoms with Gasteiger partial charge in [0, 0.05) is 29.7 Å². The van der Waals surface area contributed by atoms with Gasteiger partial charge in [0.05, 0.1) is 11.3 Å². The minimum Gasteiger partial charge on any atom is -0.355 e. The maximum atomic E-state index is 13.0. The molecule has 2 rings (SSSR count). The van der Waals surface area contributed by atoms with Gasteiger partial charge in [-0.2, -0.15) is 0 Å². The van der Waals surface area contributed by atoms with Gasteiger partial charge in [0.15, 0.2) is 0 Å². The van der Waals surface area contributed by atoms with E-state index in [0.717, 1.165) is 0 Å². The zero-order valence-corrected chi connectivity index (χ0v) is 16.5. The summed E-state index contributed by atoms with van der Waals surface area (Å²) in [5, 5.41) is 14.4. The molecule has 0 aromatic heterocycles. The molecule has 0 heterocycles. The van der Waals surface area contributed by atoms with Gasteiger partial charge in [0.1, 0.15) is 6.04 Å². The molecule has 2 aromatic rings. The van der Waals surface area contributed by atoms with Crippen molar-refractivity contribution in [1.82, 2.24) is 10.2 Å². The van der Waals surface area contributed by atoms with Gasteiger partial charge in [-0.3, -0.25) is 19.7 Å². The molecule has 2 aromatic carbocycles. The molecular weight excluding hydrogens is 382 g/mol. The van der Waals surface area contributed by atoms with Crippen molar-refractivity contribution in [3.8, 4) is 0 Å². The molecule has 1 atom stereocenters. The van der Waals surface area contributed by atoms with Crippen molar-refractivity contribution in [2.75, 3.05) is 6.54 Å². The topological polar surface area (TPSA) is 92.6 Å². The van der Waals surface area contributed by atoms with Crippen LogP contribution in [-0.2, 0) is 22.6 Å². The zero-order chi connectivity index (χ0) is 20.7. The average molecular weight is 404 g/mol. The molecule has 0 aliphatic carbocycles. The summed E-state index contributed by atoms with van der Waals surface area (Å²) in [6.45, 7) is 3.97. The van der Waals surface area contributed by atoms with Crippen molar-refractivity contribution in [1.29, 1.82) is 0 Å². The van der Waals surface area contributed by atoms with E-state index in [1.807, 2.05) is 0 Å². The van der Waals surface area contributed by atoms with E-state index in [2.05, 4.69) is 5.32 Å². The Balaban J connectivity index is 2.32. The number of nitro benzene ring substituents is 1. The van der Waals surface area contributed by atoms with Crippen LogP contribution in [0.25, 0.3) is 0 Å². The molecule has 7 nitrogen and oxygen atoms in total. The second-order valence-electron chi connectivity index (χ2n) is 6.25. The van der Waals surface area contributed by atoms with E-state index in [1.54, 1.807) is 56.3 Å². The minimum atomic E-state index is -0.758. The highest BCUT2D eigenvalue weighted by Crippen LogP contribution is 2.22. The molecule has 0 bridgehead atoms. The Morgan fingerprint density at radius 2 is 1.75 bits per heavy atom. The number of carbonyl (C=O) groups excluding carboxylic acids is 2. The number of hydrogen-bond acceptors (Lipinski definition) is 4. The normalized spacial score (nSPS) is 11.5. The highest BCUT2D eigenvalue weighted by atomic mass is 35.5. The fourth-order valence-electron chi connectivity index (χ4n) is 2.82. The molecule has 8 heteroatoms. The third-order valence-electron chi connectivity index (χ3n) is 4.35. The van der Waals surface area contributed by atoms with Crippen LogP contribution in [0.3, 0.4) is 0 Å². The Labute approximate surface area is 168 Å². The standard InChI is InChI=1S/C20H22ClN3O4/c1-3-22-20(26)14(2)23(13-16-9-4-6-10-17(16)21)19(25)12-15-8-5-7-11-18(15)24(27)28/h4-11,14H,3,12-13H2,1-2H3,(H,22,26)/t14-/m1/s1. The van der Waals surface area contributed by atoms with E-state index in [1.165, 1.54) is 11.0 Å². The predicted octanol–water partition coefficient (Wildman–Crippen LogP) is 3.34. The van der Waals surface area contributed by atoms with Gasteiger partial charge in [0.25, 0.3) is 5.69 Å². The van der Waals surface area contributed by atoms with Gasteiger partial charge in [-0.05, 0) is 25.5 Å². The van der Waals surface area contributed by atoms with Crippen LogP contribution in [0, 0.1) is 10.1 Å². The Morgan fingerprint density at radius 1 is 1.14 bits per heavy atom. The molecule has 2 amide bonds. The Morgan fingerprint density at radius 3 is 2.36 bits per heavy atom. The number of likely N-dealkylation sites (N-methyl/N-ethyl adjacent to an activating group) is 1. The summed E-state index contributed by atoms with van der Waals surface area (Å²) in [5.74, 6) is -0.696. The number of nitrogens with one attached hydrogen (secondary N) is 1. The smallest absolute Gasteiger partial charge is 0.273 e. The van der Waals surface area contributed by atoms with Crippen LogP contribution >= 0.6 is 11.6 Å². The molecule has 0 aliphatic heterocycles. The van der Waals surface area contributed by atoms with Gasteiger partial charge >= 0.3 is 0 Å². The Hall–Kier alpha value is -2.93. The lowest BCUT2D eigenvalue weighted by molar-refractivity contribution is -0.385. The molecule has 0 saturated carbocycles. The van der Waals surface area contributed by atoms with E-state index >= 15 is 0 Å². The van der Waals surface area contributed by atoms with E-state index in [0.29, 0.717) is 22.7 Å². The third-order valence-corrected chi connectivity index (χ3v) is 4.72. The van der Waals surface area contributed by atoms with Gasteiger partial charge < -0.3 is 10.2 Å².